The van der Waals surface area contributed by atoms with Gasteiger partial charge in [-0.15, -0.1) is 15.9 Å². The van der Waals surface area contributed by atoms with Crippen LogP contribution < -0.4 is 9.88 Å². The monoisotopic (exact) mass is 388 g/mol. The summed E-state index contributed by atoms with van der Waals surface area (Å²) >= 11 is 1.43. The van der Waals surface area contributed by atoms with Crippen molar-refractivity contribution in [3.8, 4) is 0 Å². The highest BCUT2D eigenvalue weighted by Crippen LogP contribution is 2.28. The molecule has 0 radical (unpaired) electrons. The number of carboxylic acid groups (broad SMARTS) is 2. The lowest BCUT2D eigenvalue weighted by atomic mass is 10.00. The van der Waals surface area contributed by atoms with E-state index in [2.05, 4.69) is 10.2 Å². The van der Waals surface area contributed by atoms with Crippen LogP contribution in [0.15, 0.2) is 29.8 Å². The molecule has 0 saturated carbocycles. The first-order chi connectivity index (χ1) is 12.9. The number of carbonyl (C=O) groups excluding carboxylic acids is 1. The van der Waals surface area contributed by atoms with E-state index < -0.39 is 23.5 Å². The highest BCUT2D eigenvalue weighted by atomic mass is 32.1. The molecule has 0 spiro atoms. The van der Waals surface area contributed by atoms with Gasteiger partial charge in [0.05, 0.1) is 5.39 Å². The van der Waals surface area contributed by atoms with E-state index in [1.807, 2.05) is 5.38 Å². The third-order valence-corrected chi connectivity index (χ3v) is 6.02. The molecule has 2 aromatic rings. The molecule has 3 N–H and O–H groups in total. The van der Waals surface area contributed by atoms with E-state index in [4.69, 9.17) is 5.11 Å². The number of hydrogen-bond acceptors (Lipinski definition) is 5. The second-order valence-electron chi connectivity index (χ2n) is 6.83. The molecule has 2 aliphatic heterocycles. The molecule has 2 aromatic heterocycles. The van der Waals surface area contributed by atoms with Crippen molar-refractivity contribution < 1.29 is 29.2 Å². The third-order valence-electron chi connectivity index (χ3n) is 5.14. The van der Waals surface area contributed by atoms with Gasteiger partial charge < -0.3 is 20.4 Å². The zero-order valence-corrected chi connectivity index (χ0v) is 15.1. The lowest BCUT2D eigenvalue weighted by Gasteiger charge is -2.22. The zero-order valence-electron chi connectivity index (χ0n) is 14.3. The molecule has 2 unspecified atom stereocenters. The van der Waals surface area contributed by atoms with E-state index in [0.29, 0.717) is 12.0 Å². The van der Waals surface area contributed by atoms with Gasteiger partial charge in [0.25, 0.3) is 5.69 Å². The number of carboxylic acids is 2. The van der Waals surface area contributed by atoms with Gasteiger partial charge >= 0.3 is 23.5 Å². The number of pyridine rings is 1. The summed E-state index contributed by atoms with van der Waals surface area (Å²) in [5.41, 5.74) is -0.380. The summed E-state index contributed by atoms with van der Waals surface area (Å²) in [4.78, 5) is 38.0. The SMILES string of the molecule is O=C(O)/C=C(\C(=O)O)[n+]1cc2ccsc2cc1C(=O)NC1CN2CC[C@H]1C2. The van der Waals surface area contributed by atoms with E-state index >= 15 is 0 Å². The summed E-state index contributed by atoms with van der Waals surface area (Å²) in [5.74, 6) is -2.81. The van der Waals surface area contributed by atoms with Gasteiger partial charge in [0.1, 0.15) is 6.08 Å². The minimum atomic E-state index is -1.42. The van der Waals surface area contributed by atoms with Crippen LogP contribution in [-0.2, 0) is 9.59 Å². The second-order valence-corrected chi connectivity index (χ2v) is 7.78. The van der Waals surface area contributed by atoms with Crippen molar-refractivity contribution in [1.82, 2.24) is 10.2 Å². The van der Waals surface area contributed by atoms with E-state index in [-0.39, 0.29) is 11.7 Å². The molecule has 1 amide bonds. The fourth-order valence-electron chi connectivity index (χ4n) is 3.87. The van der Waals surface area contributed by atoms with Crippen LogP contribution in [-0.4, -0.2) is 58.6 Å². The second kappa shape index (κ2) is 6.75. The Hall–Kier alpha value is -2.78. The molecule has 3 atom stereocenters. The maximum atomic E-state index is 13.0. The standard InChI is InChI=1S/C18H17N3O5S/c22-16(23)6-14(18(25)26)21-8-11-2-4-27-15(11)5-13(21)17(24)19-12-9-20-3-1-10(12)7-20/h2,4-6,8,10,12H,1,3,7,9H2,(H2-,19,22,23,24,25,26)/p+1/b14-6+/t10-,12?/m0/s1. The predicted octanol–water partition coefficient (Wildman–Crippen LogP) is 0.633. The quantitative estimate of drug-likeness (QED) is 0.512. The first kappa shape index (κ1) is 17.6. The number of hydrogen-bond donors (Lipinski definition) is 3. The van der Waals surface area contributed by atoms with Gasteiger partial charge in [-0.25, -0.2) is 9.59 Å². The molecule has 2 aliphatic rings. The number of amides is 1. The van der Waals surface area contributed by atoms with Crippen LogP contribution in [0.4, 0.5) is 0 Å². The summed E-state index contributed by atoms with van der Waals surface area (Å²) in [7, 11) is 0. The first-order valence-electron chi connectivity index (χ1n) is 8.57. The summed E-state index contributed by atoms with van der Waals surface area (Å²) in [6, 6.07) is 3.43. The van der Waals surface area contributed by atoms with Crippen LogP contribution in [0.2, 0.25) is 0 Å². The Morgan fingerprint density at radius 1 is 1.30 bits per heavy atom. The minimum absolute atomic E-state index is 0.0236. The lowest BCUT2D eigenvalue weighted by molar-refractivity contribution is -0.579. The molecule has 0 aliphatic carbocycles. The number of nitrogens with zero attached hydrogens (tertiary/aromatic N) is 2. The van der Waals surface area contributed by atoms with Crippen LogP contribution in [0.3, 0.4) is 0 Å². The average molecular weight is 388 g/mol. The van der Waals surface area contributed by atoms with Crippen molar-refractivity contribution >= 4 is 45.0 Å². The van der Waals surface area contributed by atoms with E-state index in [0.717, 1.165) is 40.7 Å². The zero-order chi connectivity index (χ0) is 19.1. The molecule has 4 heterocycles. The molecular formula is C18H18N3O5S+. The Labute approximate surface area is 158 Å². The van der Waals surface area contributed by atoms with E-state index in [1.54, 1.807) is 12.1 Å². The van der Waals surface area contributed by atoms with Crippen LogP contribution in [0.5, 0.6) is 0 Å². The Morgan fingerprint density at radius 3 is 2.74 bits per heavy atom. The summed E-state index contributed by atoms with van der Waals surface area (Å²) < 4.78 is 1.97. The number of aromatic nitrogens is 1. The van der Waals surface area contributed by atoms with Crippen molar-refractivity contribution in [2.45, 2.75) is 12.5 Å². The van der Waals surface area contributed by atoms with Crippen molar-refractivity contribution in [1.29, 1.82) is 0 Å². The number of carbonyl (C=O) groups is 3. The highest BCUT2D eigenvalue weighted by molar-refractivity contribution is 7.17. The molecule has 2 saturated heterocycles. The fraction of sp³-hybridized carbons (Fsp3) is 0.333. The Bertz CT molecular complexity index is 983. The lowest BCUT2D eigenvalue weighted by Crippen LogP contribution is -2.49. The normalized spacial score (nSPS) is 24.3. The molecule has 0 aromatic carbocycles. The number of rotatable bonds is 5. The molecule has 2 bridgehead atoms. The van der Waals surface area contributed by atoms with Gasteiger partial charge in [0.15, 0.2) is 6.20 Å². The van der Waals surface area contributed by atoms with Crippen LogP contribution in [0.1, 0.15) is 16.9 Å². The summed E-state index contributed by atoms with van der Waals surface area (Å²) in [6.45, 7) is 2.80. The highest BCUT2D eigenvalue weighted by Gasteiger charge is 2.40. The van der Waals surface area contributed by atoms with Gasteiger partial charge in [0.2, 0.25) is 0 Å². The van der Waals surface area contributed by atoms with Gasteiger partial charge in [-0.05, 0) is 30.3 Å². The maximum absolute atomic E-state index is 13.0. The third kappa shape index (κ3) is 3.31. The van der Waals surface area contributed by atoms with Crippen LogP contribution in [0, 0.1) is 5.92 Å². The van der Waals surface area contributed by atoms with Crippen molar-refractivity contribution in [3.63, 3.8) is 0 Å². The van der Waals surface area contributed by atoms with Crippen molar-refractivity contribution in [3.05, 3.63) is 35.5 Å². The number of thiophene rings is 1. The number of aliphatic carboxylic acids is 2. The maximum Gasteiger partial charge on any atom is 0.402 e. The molecule has 8 nitrogen and oxygen atoms in total. The van der Waals surface area contributed by atoms with Crippen LogP contribution in [0.25, 0.3) is 15.8 Å². The molecule has 2 fully saturated rings. The number of piperidine rings is 1. The first-order valence-corrected chi connectivity index (χ1v) is 9.45. The van der Waals surface area contributed by atoms with Gasteiger partial charge in [0, 0.05) is 29.9 Å². The fourth-order valence-corrected chi connectivity index (χ4v) is 4.67. The Kier molecular flexibility index (Phi) is 4.40. The molecule has 27 heavy (non-hydrogen) atoms. The summed E-state index contributed by atoms with van der Waals surface area (Å²) in [6.07, 6.45) is 3.13. The molecule has 140 valence electrons. The van der Waals surface area contributed by atoms with Crippen LogP contribution >= 0.6 is 11.3 Å². The summed E-state index contributed by atoms with van der Waals surface area (Å²) in [5, 5.41) is 24.1. The topological polar surface area (TPSA) is 111 Å². The Balaban J connectivity index is 1.74. The largest absolute Gasteiger partial charge is 0.478 e. The van der Waals surface area contributed by atoms with Crippen molar-refractivity contribution in [2.24, 2.45) is 5.92 Å². The average Bonchev–Trinajstić information content (AvgIpc) is 3.34. The molecular weight excluding hydrogens is 370 g/mol. The van der Waals surface area contributed by atoms with Gasteiger partial charge in [-0.1, -0.05) is 0 Å². The number of fused-ring (bicyclic) bond motifs is 3. The van der Waals surface area contributed by atoms with Crippen molar-refractivity contribution in [2.75, 3.05) is 19.6 Å². The predicted molar refractivity (Wildman–Crippen MR) is 97.4 cm³/mol. The minimum Gasteiger partial charge on any atom is -0.478 e. The van der Waals surface area contributed by atoms with Gasteiger partial charge in [-0.3, -0.25) is 4.79 Å². The van der Waals surface area contributed by atoms with E-state index in [1.165, 1.54) is 17.5 Å². The Morgan fingerprint density at radius 2 is 2.11 bits per heavy atom. The smallest absolute Gasteiger partial charge is 0.402 e. The van der Waals surface area contributed by atoms with E-state index in [9.17, 15) is 19.5 Å². The van der Waals surface area contributed by atoms with Gasteiger partial charge in [-0.2, -0.15) is 0 Å². The number of nitrogens with one attached hydrogen (secondary N) is 1. The molecule has 4 rings (SSSR count). The molecule has 9 heteroatoms.